The Kier molecular flexibility index (Phi) is 7.54. The number of imidazole rings is 1. The van der Waals surface area contributed by atoms with Crippen molar-refractivity contribution < 1.29 is 65.9 Å². The number of guanidine groups is 1. The van der Waals surface area contributed by atoms with Crippen molar-refractivity contribution >= 4 is 56.7 Å². The molecule has 3 saturated heterocycles. The highest BCUT2D eigenvalue weighted by atomic mass is 31.2. The lowest BCUT2D eigenvalue weighted by atomic mass is 10.1. The third-order valence-corrected chi connectivity index (χ3v) is 9.44. The number of nitrogens with zero attached hydrogens (tertiary/aromatic N) is 7. The first kappa shape index (κ1) is 31.2. The van der Waals surface area contributed by atoms with Gasteiger partial charge in [0, 0.05) is 0 Å². The van der Waals surface area contributed by atoms with E-state index in [4.69, 9.17) is 38.7 Å². The van der Waals surface area contributed by atoms with Crippen molar-refractivity contribution in [1.82, 2.24) is 29.7 Å². The molecular formula is C20H23FN10O13P2. The largest absolute Gasteiger partial charge is 0.472 e. The van der Waals surface area contributed by atoms with E-state index < -0.39 is 102 Å². The standard InChI is InChI=1S/C20H23FN10O13P2/c21-19-26-13(22)7-14(27-19)30(3-24-7)17-10(33)11-6(42-17)2-40-46(37,38)44-12-9(32)5(1-39-45(35,36)43-11)41-18(12)31-4-25-8-15(31)28-20(23)29-16(8)34/h3-6,8-12,17-18,32-33H,1-2H2,(H,35,36)(H,37,38)(H2,22,26,27)(H2,23,29,34)/t5-,6-,8?,9-,10-,11-,12-,17-,18-/m1/s1. The van der Waals surface area contributed by atoms with Crippen LogP contribution in [0, 0.1) is 11.5 Å². The van der Waals surface area contributed by atoms with Crippen LogP contribution in [0.4, 0.5) is 10.2 Å². The Morgan fingerprint density at radius 2 is 1.70 bits per heavy atom. The molecule has 0 aromatic carbocycles. The molecule has 248 valence electrons. The Hall–Kier alpha value is -3.38. The van der Waals surface area contributed by atoms with Crippen molar-refractivity contribution in [3.05, 3.63) is 12.4 Å². The molecule has 8 N–H and O–H groups in total. The number of aliphatic hydroxyl groups is 2. The number of anilines is 1. The summed E-state index contributed by atoms with van der Waals surface area (Å²) in [5.41, 5.74) is 5.41. The van der Waals surface area contributed by atoms with Crippen molar-refractivity contribution in [3.8, 4) is 0 Å². The van der Waals surface area contributed by atoms with E-state index in [9.17, 15) is 38.3 Å². The zero-order chi connectivity index (χ0) is 32.7. The molecule has 0 spiro atoms. The fraction of sp³-hybridized carbons (Fsp3) is 0.550. The number of carbonyl (C=O) groups excluding carboxylic acids is 1. The minimum atomic E-state index is -5.18. The first-order chi connectivity index (χ1) is 21.7. The number of aliphatic imine (C=N–C) groups is 2. The molecule has 5 aliphatic heterocycles. The first-order valence-corrected chi connectivity index (χ1v) is 16.1. The third-order valence-electron chi connectivity index (χ3n) is 7.47. The average Bonchev–Trinajstić information content (AvgIpc) is 3.72. The quantitative estimate of drug-likeness (QED) is 0.122. The minimum absolute atomic E-state index is 0.0597. The van der Waals surface area contributed by atoms with Crippen LogP contribution in [0.15, 0.2) is 16.3 Å². The molecule has 0 saturated carbocycles. The van der Waals surface area contributed by atoms with Gasteiger partial charge in [-0.2, -0.15) is 19.4 Å². The topological polar surface area (TPSA) is 321 Å². The van der Waals surface area contributed by atoms with Crippen LogP contribution >= 0.6 is 15.6 Å². The number of aromatic nitrogens is 4. The second-order valence-electron chi connectivity index (χ2n) is 10.4. The average molecular weight is 692 g/mol. The van der Waals surface area contributed by atoms with Crippen LogP contribution in [-0.2, 0) is 41.5 Å². The smallest absolute Gasteiger partial charge is 0.387 e. The molecule has 5 aliphatic rings. The SMILES string of the molecule is N=C1N=C2C(N=CN2[C@@H]2O[C@@H]3COP(=O)(O)O[C@H]4[C@@H](O)[C@H](n5cnc6c(N)nc(F)nc65)O[C@@H]4COP(=O)(O)O[C@@H]2[C@@H]3O)C(=O)N1. The van der Waals surface area contributed by atoms with Gasteiger partial charge in [0.25, 0.3) is 5.91 Å². The summed E-state index contributed by atoms with van der Waals surface area (Å²) in [6.45, 7) is -1.78. The molecule has 2 aromatic rings. The molecule has 3 unspecified atom stereocenters. The van der Waals surface area contributed by atoms with E-state index in [1.807, 2.05) is 0 Å². The normalized spacial score (nSPS) is 41.4. The van der Waals surface area contributed by atoms with Crippen molar-refractivity contribution in [3.63, 3.8) is 0 Å². The van der Waals surface area contributed by atoms with Crippen molar-refractivity contribution in [2.75, 3.05) is 18.9 Å². The summed E-state index contributed by atoms with van der Waals surface area (Å²) in [7, 11) is -10.3. The van der Waals surface area contributed by atoms with Crippen LogP contribution in [0.1, 0.15) is 6.23 Å². The molecule has 0 aliphatic carbocycles. The van der Waals surface area contributed by atoms with Gasteiger partial charge in [0.05, 0.1) is 25.9 Å². The van der Waals surface area contributed by atoms with E-state index in [2.05, 4.69) is 30.3 Å². The monoisotopic (exact) mass is 692 g/mol. The molecule has 7 heterocycles. The second kappa shape index (κ2) is 11.1. The maximum Gasteiger partial charge on any atom is 0.472 e. The predicted octanol–water partition coefficient (Wildman–Crippen LogP) is -2.91. The van der Waals surface area contributed by atoms with Gasteiger partial charge in [-0.05, 0) is 0 Å². The summed E-state index contributed by atoms with van der Waals surface area (Å²) in [6.07, 6.45) is -12.4. The van der Waals surface area contributed by atoms with Gasteiger partial charge in [0.15, 0.2) is 41.3 Å². The molecule has 46 heavy (non-hydrogen) atoms. The number of phosphoric acid groups is 2. The maximum absolute atomic E-state index is 13.9. The molecule has 11 atom stereocenters. The van der Waals surface area contributed by atoms with Gasteiger partial charge >= 0.3 is 21.7 Å². The molecule has 7 rings (SSSR count). The number of fused-ring (bicyclic) bond motifs is 5. The van der Waals surface area contributed by atoms with Crippen LogP contribution in [-0.4, -0.2) is 131 Å². The molecule has 0 radical (unpaired) electrons. The van der Waals surface area contributed by atoms with Crippen LogP contribution in [0.2, 0.25) is 0 Å². The molecule has 2 aromatic heterocycles. The molecular weight excluding hydrogens is 669 g/mol. The van der Waals surface area contributed by atoms with Crippen LogP contribution in [0.5, 0.6) is 0 Å². The number of aliphatic hydroxyl groups excluding tert-OH is 2. The Labute approximate surface area is 254 Å². The number of amides is 1. The lowest BCUT2D eigenvalue weighted by Gasteiger charge is -2.31. The number of rotatable bonds is 2. The van der Waals surface area contributed by atoms with E-state index in [1.54, 1.807) is 0 Å². The number of ether oxygens (including phenoxy) is 2. The highest BCUT2D eigenvalue weighted by Gasteiger charge is 2.56. The molecule has 23 nitrogen and oxygen atoms in total. The summed E-state index contributed by atoms with van der Waals surface area (Å²) in [4.78, 5) is 53.4. The van der Waals surface area contributed by atoms with E-state index in [1.165, 1.54) is 0 Å². The number of hydrogen-bond donors (Lipinski definition) is 7. The van der Waals surface area contributed by atoms with E-state index in [0.717, 1.165) is 22.1 Å². The van der Waals surface area contributed by atoms with Gasteiger partial charge in [0.2, 0.25) is 5.96 Å². The zero-order valence-electron chi connectivity index (χ0n) is 22.7. The lowest BCUT2D eigenvalue weighted by Crippen LogP contribution is -2.53. The highest BCUT2D eigenvalue weighted by Crippen LogP contribution is 2.53. The number of nitrogens with two attached hydrogens (primary N) is 1. The van der Waals surface area contributed by atoms with Crippen LogP contribution in [0.25, 0.3) is 11.2 Å². The van der Waals surface area contributed by atoms with Gasteiger partial charge < -0.3 is 35.2 Å². The van der Waals surface area contributed by atoms with Crippen LogP contribution < -0.4 is 11.1 Å². The number of halogens is 1. The lowest BCUT2D eigenvalue weighted by molar-refractivity contribution is -0.119. The Morgan fingerprint density at radius 1 is 1.02 bits per heavy atom. The number of amidine groups is 1. The number of nitrogen functional groups attached to an aromatic ring is 1. The molecule has 2 bridgehead atoms. The fourth-order valence-corrected chi connectivity index (χ4v) is 7.34. The summed E-state index contributed by atoms with van der Waals surface area (Å²) in [5, 5.41) is 32.0. The number of hydrogen-bond acceptors (Lipinski definition) is 18. The second-order valence-corrected chi connectivity index (χ2v) is 13.2. The van der Waals surface area contributed by atoms with Gasteiger partial charge in [-0.1, -0.05) is 0 Å². The maximum atomic E-state index is 13.9. The Bertz CT molecular complexity index is 1780. The highest BCUT2D eigenvalue weighted by molar-refractivity contribution is 7.47. The number of nitrogens with one attached hydrogen (secondary N) is 2. The predicted molar refractivity (Wildman–Crippen MR) is 143 cm³/mol. The van der Waals surface area contributed by atoms with Gasteiger partial charge in [-0.3, -0.25) is 48.1 Å². The Morgan fingerprint density at radius 3 is 2.43 bits per heavy atom. The summed E-state index contributed by atoms with van der Waals surface area (Å²) in [5.74, 6) is -1.69. The fourth-order valence-electron chi connectivity index (χ4n) is 5.44. The Balaban J connectivity index is 1.18. The first-order valence-electron chi connectivity index (χ1n) is 13.1. The van der Waals surface area contributed by atoms with Crippen LogP contribution in [0.3, 0.4) is 0 Å². The van der Waals surface area contributed by atoms with Crippen molar-refractivity contribution in [1.29, 1.82) is 5.41 Å². The molecule has 1 amide bonds. The van der Waals surface area contributed by atoms with Crippen molar-refractivity contribution in [2.45, 2.75) is 55.1 Å². The number of phosphoric ester groups is 2. The molecule has 26 heteroatoms. The zero-order valence-corrected chi connectivity index (χ0v) is 24.5. The third kappa shape index (κ3) is 5.40. The summed E-state index contributed by atoms with van der Waals surface area (Å²) < 4.78 is 73.4. The summed E-state index contributed by atoms with van der Waals surface area (Å²) in [6, 6.07) is -1.21. The minimum Gasteiger partial charge on any atom is -0.387 e. The molecule has 3 fully saturated rings. The number of carbonyl (C=O) groups is 1. The van der Waals surface area contributed by atoms with Gasteiger partial charge in [-0.15, -0.1) is 0 Å². The van der Waals surface area contributed by atoms with Gasteiger partial charge in [0.1, 0.15) is 36.6 Å². The van der Waals surface area contributed by atoms with E-state index in [-0.39, 0.29) is 22.8 Å². The van der Waals surface area contributed by atoms with E-state index in [0.29, 0.717) is 0 Å². The van der Waals surface area contributed by atoms with Gasteiger partial charge in [-0.25, -0.2) is 14.1 Å². The summed E-state index contributed by atoms with van der Waals surface area (Å²) >= 11 is 0. The van der Waals surface area contributed by atoms with E-state index >= 15 is 0 Å². The van der Waals surface area contributed by atoms with Crippen molar-refractivity contribution in [2.24, 2.45) is 9.98 Å².